The quantitative estimate of drug-likeness (QED) is 0.596. The van der Waals surface area contributed by atoms with Gasteiger partial charge in [-0.1, -0.05) is 0 Å². The van der Waals surface area contributed by atoms with Gasteiger partial charge in [-0.2, -0.15) is 5.26 Å². The van der Waals surface area contributed by atoms with E-state index in [4.69, 9.17) is 5.26 Å². The Morgan fingerprint density at radius 3 is 2.73 bits per heavy atom. The Balaban J connectivity index is 0.000000605. The third-order valence-corrected chi connectivity index (χ3v) is 2.80. The maximum Gasteiger partial charge on any atom is 0.0659 e. The number of hydrogen-bond acceptors (Lipinski definition) is 2. The number of piperidine rings is 1. The topological polar surface area (TPSA) is 35.8 Å². The van der Waals surface area contributed by atoms with Crippen molar-refractivity contribution in [3.8, 4) is 6.07 Å². The molecule has 2 rings (SSSR count). The largest absolute Gasteiger partial charge is 0.316 e. The molecule has 2 nitrogen and oxygen atoms in total. The van der Waals surface area contributed by atoms with Crippen LogP contribution in [-0.2, 0) is 0 Å². The molecule has 0 radical (unpaired) electrons. The van der Waals surface area contributed by atoms with Gasteiger partial charge >= 0.3 is 0 Å². The van der Waals surface area contributed by atoms with Gasteiger partial charge in [-0.05, 0) is 37.8 Å². The van der Waals surface area contributed by atoms with Gasteiger partial charge in [0, 0.05) is 0 Å². The third kappa shape index (κ3) is 1.50. The molecule has 1 N–H and O–H groups in total. The molecule has 0 spiro atoms. The van der Waals surface area contributed by atoms with Gasteiger partial charge in [0.1, 0.15) is 0 Å². The first-order chi connectivity index (χ1) is 4.90. The minimum atomic E-state index is 0. The number of rotatable bonds is 0. The molecule has 3 unspecified atom stereocenters. The number of hydrogen-bond donors (Lipinski definition) is 1. The molecule has 3 atom stereocenters. The van der Waals surface area contributed by atoms with Gasteiger partial charge in [-0.15, -0.1) is 12.4 Å². The van der Waals surface area contributed by atoms with Crippen molar-refractivity contribution in [1.29, 1.82) is 5.26 Å². The maximum atomic E-state index is 8.74. The lowest BCUT2D eigenvalue weighted by Gasteiger charge is -2.19. The molecule has 1 heterocycles. The van der Waals surface area contributed by atoms with E-state index in [1.165, 1.54) is 6.42 Å². The van der Waals surface area contributed by atoms with Crippen LogP contribution in [-0.4, -0.2) is 13.1 Å². The summed E-state index contributed by atoms with van der Waals surface area (Å²) in [5, 5.41) is 12.1. The van der Waals surface area contributed by atoms with Crippen LogP contribution in [0.2, 0.25) is 0 Å². The summed E-state index contributed by atoms with van der Waals surface area (Å²) in [6, 6.07) is 2.40. The molecule has 11 heavy (non-hydrogen) atoms. The molecule has 2 bridgehead atoms. The summed E-state index contributed by atoms with van der Waals surface area (Å²) in [7, 11) is 0. The highest BCUT2D eigenvalue weighted by molar-refractivity contribution is 5.85. The Kier molecular flexibility index (Phi) is 2.75. The molecule has 0 amide bonds. The SMILES string of the molecule is Cl.N#CC1CC2CNCC1C2. The van der Waals surface area contributed by atoms with Crippen molar-refractivity contribution in [1.82, 2.24) is 5.32 Å². The highest BCUT2D eigenvalue weighted by atomic mass is 35.5. The molecule has 0 aromatic heterocycles. The molecule has 1 aliphatic heterocycles. The fourth-order valence-corrected chi connectivity index (χ4v) is 2.26. The van der Waals surface area contributed by atoms with Crippen LogP contribution in [0.3, 0.4) is 0 Å². The van der Waals surface area contributed by atoms with Crippen molar-refractivity contribution < 1.29 is 0 Å². The summed E-state index contributed by atoms with van der Waals surface area (Å²) in [4.78, 5) is 0. The Bertz CT molecular complexity index is 175. The summed E-state index contributed by atoms with van der Waals surface area (Å²) in [6.07, 6.45) is 2.44. The summed E-state index contributed by atoms with van der Waals surface area (Å²) >= 11 is 0. The van der Waals surface area contributed by atoms with E-state index < -0.39 is 0 Å². The van der Waals surface area contributed by atoms with Crippen molar-refractivity contribution in [2.45, 2.75) is 12.8 Å². The van der Waals surface area contributed by atoms with Crippen molar-refractivity contribution in [3.63, 3.8) is 0 Å². The van der Waals surface area contributed by atoms with E-state index in [1.807, 2.05) is 0 Å². The maximum absolute atomic E-state index is 8.74. The molecule has 1 saturated heterocycles. The standard InChI is InChI=1S/C8H12N2.ClH/c9-3-7-1-6-2-8(7)5-10-4-6;/h6-8,10H,1-2,4-5H2;1H. The Morgan fingerprint density at radius 1 is 1.27 bits per heavy atom. The van der Waals surface area contributed by atoms with Crippen molar-refractivity contribution in [3.05, 3.63) is 0 Å². The van der Waals surface area contributed by atoms with Crippen LogP contribution in [0.25, 0.3) is 0 Å². The molecular formula is C8H13ClN2. The van der Waals surface area contributed by atoms with Crippen LogP contribution in [0.15, 0.2) is 0 Å². The molecule has 1 saturated carbocycles. The third-order valence-electron chi connectivity index (χ3n) is 2.80. The Morgan fingerprint density at radius 2 is 2.09 bits per heavy atom. The van der Waals surface area contributed by atoms with E-state index in [1.54, 1.807) is 0 Å². The van der Waals surface area contributed by atoms with E-state index in [9.17, 15) is 0 Å². The number of nitriles is 1. The highest BCUT2D eigenvalue weighted by Crippen LogP contribution is 2.37. The molecule has 0 aromatic carbocycles. The van der Waals surface area contributed by atoms with Gasteiger partial charge in [-0.3, -0.25) is 0 Å². The first kappa shape index (κ1) is 8.83. The lowest BCUT2D eigenvalue weighted by molar-refractivity contribution is 0.367. The summed E-state index contributed by atoms with van der Waals surface area (Å²) in [6.45, 7) is 2.23. The van der Waals surface area contributed by atoms with E-state index in [0.29, 0.717) is 11.8 Å². The van der Waals surface area contributed by atoms with E-state index in [2.05, 4.69) is 11.4 Å². The average Bonchev–Trinajstić information content (AvgIpc) is 2.26. The van der Waals surface area contributed by atoms with Crippen LogP contribution in [0, 0.1) is 29.1 Å². The van der Waals surface area contributed by atoms with Crippen LogP contribution in [0.1, 0.15) is 12.8 Å². The second-order valence-corrected chi connectivity index (χ2v) is 3.49. The monoisotopic (exact) mass is 172 g/mol. The van der Waals surface area contributed by atoms with Crippen molar-refractivity contribution in [2.24, 2.45) is 17.8 Å². The zero-order valence-corrected chi connectivity index (χ0v) is 7.23. The van der Waals surface area contributed by atoms with Gasteiger partial charge in [0.25, 0.3) is 0 Å². The molecule has 2 fully saturated rings. The Labute approximate surface area is 73.4 Å². The van der Waals surface area contributed by atoms with Gasteiger partial charge in [0.15, 0.2) is 0 Å². The summed E-state index contributed by atoms with van der Waals surface area (Å²) < 4.78 is 0. The minimum Gasteiger partial charge on any atom is -0.316 e. The van der Waals surface area contributed by atoms with Crippen LogP contribution in [0.5, 0.6) is 0 Å². The lowest BCUT2D eigenvalue weighted by atomic mass is 9.97. The summed E-state index contributed by atoms with van der Waals surface area (Å²) in [5.41, 5.74) is 0. The zero-order valence-electron chi connectivity index (χ0n) is 6.42. The molecule has 1 aliphatic carbocycles. The van der Waals surface area contributed by atoms with Crippen LogP contribution >= 0.6 is 12.4 Å². The van der Waals surface area contributed by atoms with Gasteiger partial charge in [0.05, 0.1) is 12.0 Å². The van der Waals surface area contributed by atoms with E-state index >= 15 is 0 Å². The van der Waals surface area contributed by atoms with E-state index in [-0.39, 0.29) is 12.4 Å². The predicted molar refractivity (Wildman–Crippen MR) is 45.4 cm³/mol. The first-order valence-electron chi connectivity index (χ1n) is 4.00. The molecule has 3 heteroatoms. The van der Waals surface area contributed by atoms with Crippen molar-refractivity contribution >= 4 is 12.4 Å². The number of fused-ring (bicyclic) bond motifs is 2. The predicted octanol–water partition coefficient (Wildman–Crippen LogP) is 1.18. The fraction of sp³-hybridized carbons (Fsp3) is 0.875. The lowest BCUT2D eigenvalue weighted by Crippen LogP contribution is -2.31. The van der Waals surface area contributed by atoms with Gasteiger partial charge < -0.3 is 5.32 Å². The average molecular weight is 173 g/mol. The van der Waals surface area contributed by atoms with E-state index in [0.717, 1.165) is 25.4 Å². The number of halogens is 1. The fourth-order valence-electron chi connectivity index (χ4n) is 2.26. The van der Waals surface area contributed by atoms with Crippen LogP contribution < -0.4 is 5.32 Å². The zero-order chi connectivity index (χ0) is 6.97. The summed E-state index contributed by atoms with van der Waals surface area (Å²) in [5.74, 6) is 1.84. The van der Waals surface area contributed by atoms with Crippen LogP contribution in [0.4, 0.5) is 0 Å². The second kappa shape index (κ2) is 3.42. The highest BCUT2D eigenvalue weighted by Gasteiger charge is 2.36. The molecule has 62 valence electrons. The minimum absolute atomic E-state index is 0. The number of nitrogens with zero attached hydrogens (tertiary/aromatic N) is 1. The van der Waals surface area contributed by atoms with Gasteiger partial charge in [-0.25, -0.2) is 0 Å². The van der Waals surface area contributed by atoms with Gasteiger partial charge in [0.2, 0.25) is 0 Å². The second-order valence-electron chi connectivity index (χ2n) is 3.49. The normalized spacial score (nSPS) is 40.8. The first-order valence-corrected chi connectivity index (χ1v) is 4.00. The Hall–Kier alpha value is -0.260. The van der Waals surface area contributed by atoms with Crippen molar-refractivity contribution in [2.75, 3.05) is 13.1 Å². The smallest absolute Gasteiger partial charge is 0.0659 e. The molecule has 0 aromatic rings. The number of nitrogens with one attached hydrogen (secondary N) is 1. The molecule has 2 aliphatic rings. The molecular weight excluding hydrogens is 160 g/mol.